The molecule has 4 rings (SSSR count). The molecule has 2 heteroatoms. The van der Waals surface area contributed by atoms with E-state index in [1.54, 1.807) is 0 Å². The molecule has 0 heterocycles. The topological polar surface area (TPSA) is 0 Å². The van der Waals surface area contributed by atoms with E-state index in [4.69, 9.17) is 0 Å². The van der Waals surface area contributed by atoms with Crippen molar-refractivity contribution < 1.29 is 8.78 Å². The van der Waals surface area contributed by atoms with E-state index in [-0.39, 0.29) is 0 Å². The van der Waals surface area contributed by atoms with Crippen molar-refractivity contribution in [2.75, 3.05) is 0 Å². The minimum atomic E-state index is -0.559. The summed E-state index contributed by atoms with van der Waals surface area (Å²) in [5.41, 5.74) is 1.22. The van der Waals surface area contributed by atoms with Crippen LogP contribution in [0.4, 0.5) is 8.78 Å². The Kier molecular flexibility index (Phi) is 7.53. The summed E-state index contributed by atoms with van der Waals surface area (Å²) in [6, 6.07) is 3.79. The predicted molar refractivity (Wildman–Crippen MR) is 121 cm³/mol. The first kappa shape index (κ1) is 22.3. The second kappa shape index (κ2) is 10.1. The van der Waals surface area contributed by atoms with E-state index >= 15 is 0 Å². The highest BCUT2D eigenvalue weighted by Crippen LogP contribution is 2.42. The maximum absolute atomic E-state index is 14.9. The minimum absolute atomic E-state index is 0.527. The number of hydrogen-bond donors (Lipinski definition) is 0. The van der Waals surface area contributed by atoms with Crippen molar-refractivity contribution in [1.82, 2.24) is 0 Å². The molecule has 0 nitrogen and oxygen atoms in total. The number of benzene rings is 1. The molecule has 0 amide bonds. The molecule has 1 aromatic carbocycles. The van der Waals surface area contributed by atoms with Crippen LogP contribution in [-0.4, -0.2) is 0 Å². The Morgan fingerprint density at radius 3 is 1.33 bits per heavy atom. The third kappa shape index (κ3) is 5.46. The van der Waals surface area contributed by atoms with E-state index in [2.05, 4.69) is 13.8 Å². The van der Waals surface area contributed by atoms with Gasteiger partial charge >= 0.3 is 0 Å². The fourth-order valence-corrected chi connectivity index (χ4v) is 6.72. The lowest BCUT2D eigenvalue weighted by Gasteiger charge is -2.37. The molecule has 30 heavy (non-hydrogen) atoms. The minimum Gasteiger partial charge on any atom is -0.203 e. The molecule has 3 fully saturated rings. The van der Waals surface area contributed by atoms with E-state index in [1.165, 1.54) is 64.2 Å². The molecule has 1 aromatic rings. The van der Waals surface area contributed by atoms with E-state index < -0.39 is 11.6 Å². The summed E-state index contributed by atoms with van der Waals surface area (Å²) in [6.07, 6.45) is 16.8. The molecule has 3 aliphatic rings. The zero-order chi connectivity index (χ0) is 21.1. The molecular weight excluding hydrogens is 374 g/mol. The van der Waals surface area contributed by atoms with Crippen molar-refractivity contribution in [3.05, 3.63) is 34.9 Å². The van der Waals surface area contributed by atoms with Crippen LogP contribution < -0.4 is 0 Å². The van der Waals surface area contributed by atoms with Crippen molar-refractivity contribution >= 4 is 0 Å². The summed E-state index contributed by atoms with van der Waals surface area (Å²) < 4.78 is 29.7. The molecule has 0 saturated heterocycles. The monoisotopic (exact) mass is 416 g/mol. The Hall–Kier alpha value is -0.920. The lowest BCUT2D eigenvalue weighted by molar-refractivity contribution is 0.150. The van der Waals surface area contributed by atoms with Gasteiger partial charge in [-0.25, -0.2) is 8.78 Å². The Balaban J connectivity index is 1.29. The van der Waals surface area contributed by atoms with Gasteiger partial charge in [-0.2, -0.15) is 0 Å². The number of rotatable bonds is 5. The molecule has 0 unspecified atom stereocenters. The van der Waals surface area contributed by atoms with Crippen LogP contribution in [-0.2, 0) is 12.8 Å². The third-order valence-corrected chi connectivity index (χ3v) is 9.01. The van der Waals surface area contributed by atoms with Gasteiger partial charge in [0, 0.05) is 0 Å². The molecule has 168 valence electrons. The largest absolute Gasteiger partial charge is 0.203 e. The average Bonchev–Trinajstić information content (AvgIpc) is 2.76. The summed E-state index contributed by atoms with van der Waals surface area (Å²) in [7, 11) is 0. The molecule has 0 N–H and O–H groups in total. The van der Waals surface area contributed by atoms with Crippen LogP contribution in [0.5, 0.6) is 0 Å². The first-order valence-electron chi connectivity index (χ1n) is 12.9. The van der Waals surface area contributed by atoms with Gasteiger partial charge in [0.25, 0.3) is 0 Å². The van der Waals surface area contributed by atoms with Crippen molar-refractivity contribution in [3.8, 4) is 0 Å². The first-order valence-corrected chi connectivity index (χ1v) is 12.9. The summed E-state index contributed by atoms with van der Waals surface area (Å²) in [5.74, 6) is 3.47. The highest BCUT2D eigenvalue weighted by Gasteiger charge is 2.30. The predicted octanol–water partition coefficient (Wildman–Crippen LogP) is 8.51. The van der Waals surface area contributed by atoms with E-state index in [0.29, 0.717) is 29.4 Å². The van der Waals surface area contributed by atoms with Crippen molar-refractivity contribution in [1.29, 1.82) is 0 Å². The zero-order valence-corrected chi connectivity index (χ0v) is 19.3. The van der Waals surface area contributed by atoms with Crippen LogP contribution in [0.3, 0.4) is 0 Å². The van der Waals surface area contributed by atoms with Gasteiger partial charge in [0.1, 0.15) is 0 Å². The van der Waals surface area contributed by atoms with Gasteiger partial charge in [-0.15, -0.1) is 0 Å². The molecule has 3 saturated carbocycles. The lowest BCUT2D eigenvalue weighted by Crippen LogP contribution is -2.26. The van der Waals surface area contributed by atoms with Gasteiger partial charge in [0.05, 0.1) is 0 Å². The average molecular weight is 417 g/mol. The summed E-state index contributed by atoms with van der Waals surface area (Å²) in [5, 5.41) is 0. The standard InChI is InChI=1S/C28H42F2/c1-19-3-7-21(8-4-19)17-25-15-16-26(28(30)27(25)29)18-22-9-13-24(14-10-22)23-11-5-20(2)6-12-23/h15-16,19-24H,3-14,17-18H2,1-2H3. The Labute approximate surface area is 183 Å². The van der Waals surface area contributed by atoms with Crippen LogP contribution in [0.1, 0.15) is 102 Å². The molecule has 0 spiro atoms. The zero-order valence-electron chi connectivity index (χ0n) is 19.3. The summed E-state index contributed by atoms with van der Waals surface area (Å²) in [4.78, 5) is 0. The van der Waals surface area contributed by atoms with Gasteiger partial charge < -0.3 is 0 Å². The molecule has 0 aromatic heterocycles. The van der Waals surface area contributed by atoms with Gasteiger partial charge in [-0.1, -0.05) is 51.7 Å². The smallest absolute Gasteiger partial charge is 0.162 e. The van der Waals surface area contributed by atoms with Gasteiger partial charge in [0.2, 0.25) is 0 Å². The van der Waals surface area contributed by atoms with Crippen LogP contribution in [0.15, 0.2) is 12.1 Å². The van der Waals surface area contributed by atoms with Crippen LogP contribution >= 0.6 is 0 Å². The second-order valence-electron chi connectivity index (χ2n) is 11.3. The second-order valence-corrected chi connectivity index (χ2v) is 11.3. The van der Waals surface area contributed by atoms with Crippen molar-refractivity contribution in [2.45, 2.75) is 104 Å². The molecule has 0 radical (unpaired) electrons. The Morgan fingerprint density at radius 2 is 0.900 bits per heavy atom. The molecule has 0 aliphatic heterocycles. The Bertz CT molecular complexity index is 672. The van der Waals surface area contributed by atoms with Gasteiger partial charge in [0.15, 0.2) is 11.6 Å². The van der Waals surface area contributed by atoms with E-state index in [1.807, 2.05) is 12.1 Å². The van der Waals surface area contributed by atoms with E-state index in [9.17, 15) is 8.78 Å². The number of hydrogen-bond acceptors (Lipinski definition) is 0. The fraction of sp³-hybridized carbons (Fsp3) is 0.786. The van der Waals surface area contributed by atoms with Crippen LogP contribution in [0.25, 0.3) is 0 Å². The summed E-state index contributed by atoms with van der Waals surface area (Å²) >= 11 is 0. The maximum Gasteiger partial charge on any atom is 0.162 e. The molecule has 0 bridgehead atoms. The van der Waals surface area contributed by atoms with Crippen molar-refractivity contribution in [3.63, 3.8) is 0 Å². The highest BCUT2D eigenvalue weighted by molar-refractivity contribution is 5.27. The SMILES string of the molecule is CC1CCC(Cc2ccc(CC3CCC(C4CCC(C)CC4)CC3)c(F)c2F)CC1. The highest BCUT2D eigenvalue weighted by atomic mass is 19.2. The molecule has 3 aliphatic carbocycles. The molecule has 0 atom stereocenters. The van der Waals surface area contributed by atoms with Gasteiger partial charge in [-0.05, 0) is 111 Å². The normalized spacial score (nSPS) is 35.3. The van der Waals surface area contributed by atoms with Crippen LogP contribution in [0.2, 0.25) is 0 Å². The van der Waals surface area contributed by atoms with E-state index in [0.717, 1.165) is 42.9 Å². The Morgan fingerprint density at radius 1 is 0.567 bits per heavy atom. The quantitative estimate of drug-likeness (QED) is 0.451. The van der Waals surface area contributed by atoms with Crippen molar-refractivity contribution in [2.24, 2.45) is 35.5 Å². The maximum atomic E-state index is 14.9. The fourth-order valence-electron chi connectivity index (χ4n) is 6.72. The summed E-state index contributed by atoms with van der Waals surface area (Å²) in [6.45, 7) is 4.69. The first-order chi connectivity index (χ1) is 14.5. The number of halogens is 2. The van der Waals surface area contributed by atoms with Gasteiger partial charge in [-0.3, -0.25) is 0 Å². The van der Waals surface area contributed by atoms with Crippen LogP contribution in [0, 0.1) is 47.1 Å². The molecular formula is C28H42F2. The third-order valence-electron chi connectivity index (χ3n) is 9.01. The lowest BCUT2D eigenvalue weighted by atomic mass is 9.69.